The highest BCUT2D eigenvalue weighted by molar-refractivity contribution is 5.76. The molecular formula is C16H32N2O2. The van der Waals surface area contributed by atoms with E-state index < -0.39 is 0 Å². The Balaban J connectivity index is 2.57. The van der Waals surface area contributed by atoms with Gasteiger partial charge in [-0.25, -0.2) is 0 Å². The smallest absolute Gasteiger partial charge is 0.222 e. The van der Waals surface area contributed by atoms with Crippen LogP contribution in [0.1, 0.15) is 53.4 Å². The molecule has 2 N–H and O–H groups in total. The molecule has 1 saturated heterocycles. The number of nitrogens with one attached hydrogen (secondary N) is 1. The molecule has 0 saturated carbocycles. The SMILES string of the molecule is CCC(=O)N1CC(NCCC(C)C)CC(C(O)CC)C1. The van der Waals surface area contributed by atoms with Crippen LogP contribution in [-0.2, 0) is 4.79 Å². The maximum Gasteiger partial charge on any atom is 0.222 e. The molecule has 1 fully saturated rings. The van der Waals surface area contributed by atoms with Crippen molar-refractivity contribution >= 4 is 5.91 Å². The maximum absolute atomic E-state index is 12.0. The van der Waals surface area contributed by atoms with Crippen LogP contribution in [0.15, 0.2) is 0 Å². The number of amides is 1. The van der Waals surface area contributed by atoms with Crippen LogP contribution in [0.5, 0.6) is 0 Å². The molecule has 0 aromatic rings. The van der Waals surface area contributed by atoms with Crippen LogP contribution in [0.4, 0.5) is 0 Å². The lowest BCUT2D eigenvalue weighted by atomic mass is 9.88. The Morgan fingerprint density at radius 3 is 2.60 bits per heavy atom. The fraction of sp³-hybridized carbons (Fsp3) is 0.938. The fourth-order valence-corrected chi connectivity index (χ4v) is 2.90. The Bertz CT molecular complexity index is 294. The molecule has 0 aromatic heterocycles. The monoisotopic (exact) mass is 284 g/mol. The number of carbonyl (C=O) groups excluding carboxylic acids is 1. The van der Waals surface area contributed by atoms with Gasteiger partial charge in [0, 0.05) is 31.5 Å². The molecule has 1 rings (SSSR count). The van der Waals surface area contributed by atoms with Crippen molar-refractivity contribution in [3.05, 3.63) is 0 Å². The molecule has 4 nitrogen and oxygen atoms in total. The first kappa shape index (κ1) is 17.4. The first-order valence-electron chi connectivity index (χ1n) is 8.17. The summed E-state index contributed by atoms with van der Waals surface area (Å²) in [5.41, 5.74) is 0. The van der Waals surface area contributed by atoms with Crippen LogP contribution in [0.2, 0.25) is 0 Å². The normalized spacial score (nSPS) is 25.0. The maximum atomic E-state index is 12.0. The third-order valence-corrected chi connectivity index (χ3v) is 4.26. The van der Waals surface area contributed by atoms with Gasteiger partial charge in [-0.15, -0.1) is 0 Å². The number of hydrogen-bond donors (Lipinski definition) is 2. The van der Waals surface area contributed by atoms with E-state index in [4.69, 9.17) is 0 Å². The summed E-state index contributed by atoms with van der Waals surface area (Å²) >= 11 is 0. The van der Waals surface area contributed by atoms with Gasteiger partial charge in [0.15, 0.2) is 0 Å². The summed E-state index contributed by atoms with van der Waals surface area (Å²) < 4.78 is 0. The minimum Gasteiger partial charge on any atom is -0.393 e. The summed E-state index contributed by atoms with van der Waals surface area (Å²) in [6.45, 7) is 10.8. The summed E-state index contributed by atoms with van der Waals surface area (Å²) in [4.78, 5) is 13.9. The van der Waals surface area contributed by atoms with Crippen LogP contribution in [-0.4, -0.2) is 47.7 Å². The molecule has 4 heteroatoms. The molecule has 0 aliphatic carbocycles. The summed E-state index contributed by atoms with van der Waals surface area (Å²) in [5, 5.41) is 13.7. The van der Waals surface area contributed by atoms with Crippen LogP contribution in [0.3, 0.4) is 0 Å². The molecule has 3 unspecified atom stereocenters. The quantitative estimate of drug-likeness (QED) is 0.752. The largest absolute Gasteiger partial charge is 0.393 e. The second-order valence-electron chi connectivity index (χ2n) is 6.46. The standard InChI is InChI=1S/C16H32N2O2/c1-5-15(19)13-9-14(17-8-7-12(3)4)11-18(10-13)16(20)6-2/h12-15,17,19H,5-11H2,1-4H3. The minimum atomic E-state index is -0.295. The lowest BCUT2D eigenvalue weighted by Crippen LogP contribution is -2.53. The van der Waals surface area contributed by atoms with Gasteiger partial charge in [-0.3, -0.25) is 4.79 Å². The van der Waals surface area contributed by atoms with Gasteiger partial charge in [-0.05, 0) is 31.7 Å². The molecule has 0 spiro atoms. The van der Waals surface area contributed by atoms with E-state index in [1.165, 1.54) is 0 Å². The Morgan fingerprint density at radius 2 is 2.05 bits per heavy atom. The van der Waals surface area contributed by atoms with Crippen molar-refractivity contribution in [3.63, 3.8) is 0 Å². The molecule has 20 heavy (non-hydrogen) atoms. The van der Waals surface area contributed by atoms with Crippen LogP contribution in [0, 0.1) is 11.8 Å². The summed E-state index contributed by atoms with van der Waals surface area (Å²) in [6, 6.07) is 0.323. The zero-order valence-corrected chi connectivity index (χ0v) is 13.6. The van der Waals surface area contributed by atoms with Crippen molar-refractivity contribution in [2.75, 3.05) is 19.6 Å². The molecule has 1 aliphatic rings. The highest BCUT2D eigenvalue weighted by Gasteiger charge is 2.32. The number of piperidine rings is 1. The topological polar surface area (TPSA) is 52.6 Å². The Hall–Kier alpha value is -0.610. The van der Waals surface area contributed by atoms with Gasteiger partial charge >= 0.3 is 0 Å². The molecule has 118 valence electrons. The Labute approximate surface area is 123 Å². The van der Waals surface area contributed by atoms with Crippen molar-refractivity contribution in [2.45, 2.75) is 65.5 Å². The van der Waals surface area contributed by atoms with Crippen molar-refractivity contribution in [3.8, 4) is 0 Å². The predicted octanol–water partition coefficient (Wildman–Crippen LogP) is 2.02. The van der Waals surface area contributed by atoms with E-state index in [0.717, 1.165) is 32.4 Å². The van der Waals surface area contributed by atoms with Crippen molar-refractivity contribution < 1.29 is 9.90 Å². The van der Waals surface area contributed by atoms with Crippen molar-refractivity contribution in [1.29, 1.82) is 0 Å². The van der Waals surface area contributed by atoms with Crippen molar-refractivity contribution in [1.82, 2.24) is 10.2 Å². The van der Waals surface area contributed by atoms with Gasteiger partial charge in [0.1, 0.15) is 0 Å². The second-order valence-corrected chi connectivity index (χ2v) is 6.46. The molecule has 0 radical (unpaired) electrons. The number of nitrogens with zero attached hydrogens (tertiary/aromatic N) is 1. The van der Waals surface area contributed by atoms with Crippen LogP contribution in [0.25, 0.3) is 0 Å². The minimum absolute atomic E-state index is 0.202. The number of carbonyl (C=O) groups is 1. The summed E-state index contributed by atoms with van der Waals surface area (Å²) in [7, 11) is 0. The third kappa shape index (κ3) is 5.41. The van der Waals surface area contributed by atoms with E-state index in [1.54, 1.807) is 0 Å². The zero-order valence-electron chi connectivity index (χ0n) is 13.6. The lowest BCUT2D eigenvalue weighted by Gasteiger charge is -2.40. The predicted molar refractivity (Wildman–Crippen MR) is 82.5 cm³/mol. The van der Waals surface area contributed by atoms with Crippen LogP contribution >= 0.6 is 0 Å². The highest BCUT2D eigenvalue weighted by atomic mass is 16.3. The molecule has 3 atom stereocenters. The average Bonchev–Trinajstić information content (AvgIpc) is 2.44. The first-order valence-corrected chi connectivity index (χ1v) is 8.17. The van der Waals surface area contributed by atoms with E-state index in [0.29, 0.717) is 24.9 Å². The van der Waals surface area contributed by atoms with E-state index in [2.05, 4.69) is 19.2 Å². The van der Waals surface area contributed by atoms with E-state index >= 15 is 0 Å². The van der Waals surface area contributed by atoms with E-state index in [-0.39, 0.29) is 17.9 Å². The Morgan fingerprint density at radius 1 is 1.35 bits per heavy atom. The number of rotatable bonds is 7. The van der Waals surface area contributed by atoms with Gasteiger partial charge < -0.3 is 15.3 Å². The molecule has 1 aliphatic heterocycles. The zero-order chi connectivity index (χ0) is 15.1. The first-order chi connectivity index (χ1) is 9.47. The third-order valence-electron chi connectivity index (χ3n) is 4.26. The number of likely N-dealkylation sites (tertiary alicyclic amines) is 1. The molecule has 1 amide bonds. The van der Waals surface area contributed by atoms with Gasteiger partial charge in [0.05, 0.1) is 6.10 Å². The summed E-state index contributed by atoms with van der Waals surface area (Å²) in [6.07, 6.45) is 3.14. The van der Waals surface area contributed by atoms with Crippen LogP contribution < -0.4 is 5.32 Å². The van der Waals surface area contributed by atoms with Gasteiger partial charge in [0.25, 0.3) is 0 Å². The second kappa shape index (κ2) is 8.63. The lowest BCUT2D eigenvalue weighted by molar-refractivity contribution is -0.134. The molecule has 0 aromatic carbocycles. The number of aliphatic hydroxyl groups is 1. The fourth-order valence-electron chi connectivity index (χ4n) is 2.90. The van der Waals surface area contributed by atoms with E-state index in [9.17, 15) is 9.90 Å². The van der Waals surface area contributed by atoms with Crippen molar-refractivity contribution in [2.24, 2.45) is 11.8 Å². The number of hydrogen-bond acceptors (Lipinski definition) is 3. The van der Waals surface area contributed by atoms with Gasteiger partial charge in [0.2, 0.25) is 5.91 Å². The van der Waals surface area contributed by atoms with E-state index in [1.807, 2.05) is 18.7 Å². The molecule has 0 bridgehead atoms. The summed E-state index contributed by atoms with van der Waals surface area (Å²) in [5.74, 6) is 1.10. The average molecular weight is 284 g/mol. The van der Waals surface area contributed by atoms with Gasteiger partial charge in [-0.2, -0.15) is 0 Å². The number of aliphatic hydroxyl groups excluding tert-OH is 1. The Kier molecular flexibility index (Phi) is 7.52. The molecule has 1 heterocycles. The molecular weight excluding hydrogens is 252 g/mol. The van der Waals surface area contributed by atoms with Gasteiger partial charge in [-0.1, -0.05) is 27.7 Å². The highest BCUT2D eigenvalue weighted by Crippen LogP contribution is 2.22.